The molecule has 4 nitrogen and oxygen atoms in total. The van der Waals surface area contributed by atoms with Crippen molar-refractivity contribution in [1.82, 2.24) is 5.32 Å². The summed E-state index contributed by atoms with van der Waals surface area (Å²) in [7, 11) is 0. The fourth-order valence-corrected chi connectivity index (χ4v) is 1.51. The lowest BCUT2D eigenvalue weighted by molar-refractivity contribution is -0.119. The van der Waals surface area contributed by atoms with Gasteiger partial charge in [0.15, 0.2) is 0 Å². The lowest BCUT2D eigenvalue weighted by Crippen LogP contribution is -2.46. The average molecular weight is 222 g/mol. The molecule has 0 aliphatic heterocycles. The van der Waals surface area contributed by atoms with E-state index in [-0.39, 0.29) is 12.6 Å². The van der Waals surface area contributed by atoms with Crippen molar-refractivity contribution in [1.29, 1.82) is 0 Å². The van der Waals surface area contributed by atoms with Crippen LogP contribution in [0.5, 0.6) is 0 Å². The number of carbonyl (C=O) groups is 1. The van der Waals surface area contributed by atoms with Gasteiger partial charge in [-0.2, -0.15) is 0 Å². The Balaban J connectivity index is 2.53. The van der Waals surface area contributed by atoms with E-state index in [2.05, 4.69) is 5.32 Å². The zero-order chi connectivity index (χ0) is 12.0. The van der Waals surface area contributed by atoms with E-state index in [1.807, 2.05) is 30.3 Å². The van der Waals surface area contributed by atoms with Gasteiger partial charge in [-0.05, 0) is 18.9 Å². The Morgan fingerprint density at radius 1 is 1.44 bits per heavy atom. The molecule has 88 valence electrons. The molecular formula is C12H18N2O2. The molecule has 0 saturated carbocycles. The van der Waals surface area contributed by atoms with Crippen molar-refractivity contribution in [3.8, 4) is 0 Å². The highest BCUT2D eigenvalue weighted by Crippen LogP contribution is 2.03. The van der Waals surface area contributed by atoms with Gasteiger partial charge < -0.3 is 16.2 Å². The summed E-state index contributed by atoms with van der Waals surface area (Å²) in [5, 5.41) is 12.2. The minimum absolute atomic E-state index is 0.0213. The maximum Gasteiger partial charge on any atom is 0.234 e. The number of aliphatic hydroxyl groups is 1. The van der Waals surface area contributed by atoms with Crippen molar-refractivity contribution < 1.29 is 9.90 Å². The van der Waals surface area contributed by atoms with Gasteiger partial charge in [-0.3, -0.25) is 4.79 Å². The topological polar surface area (TPSA) is 75.3 Å². The van der Waals surface area contributed by atoms with Crippen LogP contribution >= 0.6 is 0 Å². The third kappa shape index (κ3) is 4.00. The van der Waals surface area contributed by atoms with Gasteiger partial charge >= 0.3 is 0 Å². The Kier molecular flexibility index (Phi) is 4.95. The first-order valence-corrected chi connectivity index (χ1v) is 5.33. The summed E-state index contributed by atoms with van der Waals surface area (Å²) >= 11 is 0. The molecule has 0 aromatic heterocycles. The molecule has 0 radical (unpaired) electrons. The summed E-state index contributed by atoms with van der Waals surface area (Å²) in [4.78, 5) is 10.9. The summed E-state index contributed by atoms with van der Waals surface area (Å²) in [6.45, 7) is 1.67. The number of hydrogen-bond acceptors (Lipinski definition) is 3. The highest BCUT2D eigenvalue weighted by Gasteiger charge is 2.14. The van der Waals surface area contributed by atoms with Crippen LogP contribution in [0.25, 0.3) is 0 Å². The van der Waals surface area contributed by atoms with Gasteiger partial charge in [0, 0.05) is 6.04 Å². The van der Waals surface area contributed by atoms with Crippen molar-refractivity contribution in [2.45, 2.75) is 25.4 Å². The molecule has 0 spiro atoms. The van der Waals surface area contributed by atoms with Crippen LogP contribution in [0.3, 0.4) is 0 Å². The molecule has 1 aromatic carbocycles. The van der Waals surface area contributed by atoms with Gasteiger partial charge in [0.05, 0.1) is 12.6 Å². The van der Waals surface area contributed by atoms with Crippen molar-refractivity contribution in [3.63, 3.8) is 0 Å². The van der Waals surface area contributed by atoms with Crippen LogP contribution in [0, 0.1) is 0 Å². The number of primary amides is 1. The highest BCUT2D eigenvalue weighted by molar-refractivity contribution is 5.79. The minimum atomic E-state index is -0.430. The zero-order valence-electron chi connectivity index (χ0n) is 9.39. The van der Waals surface area contributed by atoms with E-state index in [4.69, 9.17) is 5.73 Å². The molecule has 1 amide bonds. The summed E-state index contributed by atoms with van der Waals surface area (Å²) < 4.78 is 0. The van der Waals surface area contributed by atoms with Crippen LogP contribution in [0.4, 0.5) is 0 Å². The first kappa shape index (κ1) is 12.7. The lowest BCUT2D eigenvalue weighted by Gasteiger charge is -2.19. The van der Waals surface area contributed by atoms with Crippen LogP contribution in [0.1, 0.15) is 12.5 Å². The maximum atomic E-state index is 10.9. The summed E-state index contributed by atoms with van der Waals surface area (Å²) in [6, 6.07) is 9.23. The van der Waals surface area contributed by atoms with E-state index < -0.39 is 11.9 Å². The van der Waals surface area contributed by atoms with Gasteiger partial charge in [-0.15, -0.1) is 0 Å². The first-order valence-electron chi connectivity index (χ1n) is 5.33. The van der Waals surface area contributed by atoms with Gasteiger partial charge in [0.2, 0.25) is 5.91 Å². The van der Waals surface area contributed by atoms with Crippen molar-refractivity contribution in [3.05, 3.63) is 35.9 Å². The largest absolute Gasteiger partial charge is 0.395 e. The Morgan fingerprint density at radius 2 is 2.06 bits per heavy atom. The van der Waals surface area contributed by atoms with E-state index in [1.165, 1.54) is 0 Å². The van der Waals surface area contributed by atoms with Crippen LogP contribution in [-0.4, -0.2) is 29.7 Å². The first-order chi connectivity index (χ1) is 7.63. The standard InChI is InChI=1S/C12H18N2O2/c1-9(12(13)16)14-11(8-15)7-10-5-3-2-4-6-10/h2-6,9,11,14-15H,7-8H2,1H3,(H2,13,16). The number of benzene rings is 1. The highest BCUT2D eigenvalue weighted by atomic mass is 16.3. The fraction of sp³-hybridized carbons (Fsp3) is 0.417. The molecule has 0 aliphatic rings. The van der Waals surface area contributed by atoms with Crippen molar-refractivity contribution >= 4 is 5.91 Å². The predicted octanol–water partition coefficient (Wildman–Crippen LogP) is 0.0534. The molecule has 0 fully saturated rings. The second kappa shape index (κ2) is 6.25. The van der Waals surface area contributed by atoms with E-state index in [0.717, 1.165) is 5.56 Å². The predicted molar refractivity (Wildman–Crippen MR) is 62.8 cm³/mol. The monoisotopic (exact) mass is 222 g/mol. The second-order valence-electron chi connectivity index (χ2n) is 3.86. The molecule has 0 saturated heterocycles. The van der Waals surface area contributed by atoms with Crippen LogP contribution in [0.2, 0.25) is 0 Å². The normalized spacial score (nSPS) is 14.4. The smallest absolute Gasteiger partial charge is 0.234 e. The number of carbonyl (C=O) groups excluding carboxylic acids is 1. The molecule has 1 rings (SSSR count). The molecule has 0 bridgehead atoms. The molecule has 0 aliphatic carbocycles. The van der Waals surface area contributed by atoms with Crippen molar-refractivity contribution in [2.24, 2.45) is 5.73 Å². The van der Waals surface area contributed by atoms with Gasteiger partial charge in [0.1, 0.15) is 0 Å². The van der Waals surface area contributed by atoms with Gasteiger partial charge in [0.25, 0.3) is 0 Å². The van der Waals surface area contributed by atoms with Crippen LogP contribution < -0.4 is 11.1 Å². The van der Waals surface area contributed by atoms with Gasteiger partial charge in [-0.25, -0.2) is 0 Å². The number of hydrogen-bond donors (Lipinski definition) is 3. The minimum Gasteiger partial charge on any atom is -0.395 e. The van der Waals surface area contributed by atoms with Crippen LogP contribution in [-0.2, 0) is 11.2 Å². The quantitative estimate of drug-likeness (QED) is 0.637. The summed E-state index contributed by atoms with van der Waals surface area (Å²) in [5.41, 5.74) is 6.27. The number of rotatable bonds is 6. The number of amides is 1. The fourth-order valence-electron chi connectivity index (χ4n) is 1.51. The summed E-state index contributed by atoms with van der Waals surface area (Å²) in [6.07, 6.45) is 0.676. The Morgan fingerprint density at radius 3 is 2.56 bits per heavy atom. The molecule has 2 atom stereocenters. The van der Waals surface area contributed by atoms with Crippen LogP contribution in [0.15, 0.2) is 30.3 Å². The molecule has 4 N–H and O–H groups in total. The van der Waals surface area contributed by atoms with E-state index in [9.17, 15) is 9.90 Å². The molecule has 16 heavy (non-hydrogen) atoms. The molecule has 0 heterocycles. The van der Waals surface area contributed by atoms with E-state index >= 15 is 0 Å². The number of aliphatic hydroxyl groups excluding tert-OH is 1. The molecule has 2 unspecified atom stereocenters. The van der Waals surface area contributed by atoms with Crippen molar-refractivity contribution in [2.75, 3.05) is 6.61 Å². The van der Waals surface area contributed by atoms with Gasteiger partial charge in [-0.1, -0.05) is 30.3 Å². The van der Waals surface area contributed by atoms with E-state index in [1.54, 1.807) is 6.92 Å². The number of nitrogens with one attached hydrogen (secondary N) is 1. The van der Waals surface area contributed by atoms with E-state index in [0.29, 0.717) is 6.42 Å². The molecular weight excluding hydrogens is 204 g/mol. The Hall–Kier alpha value is -1.39. The zero-order valence-corrected chi connectivity index (χ0v) is 9.39. The average Bonchev–Trinajstić information content (AvgIpc) is 2.29. The summed E-state index contributed by atoms with van der Waals surface area (Å²) in [5.74, 6) is -0.411. The molecule has 4 heteroatoms. The lowest BCUT2D eigenvalue weighted by atomic mass is 10.1. The Labute approximate surface area is 95.5 Å². The third-order valence-corrected chi connectivity index (χ3v) is 2.46. The molecule has 1 aromatic rings. The maximum absolute atomic E-state index is 10.9. The third-order valence-electron chi connectivity index (χ3n) is 2.46. The SMILES string of the molecule is CC(NC(CO)Cc1ccccc1)C(N)=O. The second-order valence-corrected chi connectivity index (χ2v) is 3.86. The Bertz CT molecular complexity index is 327. The number of nitrogens with two attached hydrogens (primary N) is 1.